The fourth-order valence-corrected chi connectivity index (χ4v) is 3.11. The number of para-hydroxylation sites is 2. The lowest BCUT2D eigenvalue weighted by molar-refractivity contribution is -0.118. The van der Waals surface area contributed by atoms with E-state index in [0.29, 0.717) is 0 Å². The van der Waals surface area contributed by atoms with Crippen LogP contribution in [0.2, 0.25) is 0 Å². The second kappa shape index (κ2) is 6.65. The second-order valence-corrected chi connectivity index (χ2v) is 5.75. The first-order valence-corrected chi connectivity index (χ1v) is 7.93. The highest BCUT2D eigenvalue weighted by Gasteiger charge is 2.19. The molecule has 1 aliphatic heterocycles. The van der Waals surface area contributed by atoms with Crippen LogP contribution in [-0.4, -0.2) is 19.0 Å². The van der Waals surface area contributed by atoms with Crippen LogP contribution in [0.4, 0.5) is 11.4 Å². The summed E-state index contributed by atoms with van der Waals surface area (Å²) in [5, 5.41) is 2.88. The highest BCUT2D eigenvalue weighted by atomic mass is 16.1. The number of hydrogen-bond acceptors (Lipinski definition) is 2. The van der Waals surface area contributed by atoms with Gasteiger partial charge >= 0.3 is 0 Å². The van der Waals surface area contributed by atoms with Crippen molar-refractivity contribution in [2.24, 2.45) is 0 Å². The summed E-state index contributed by atoms with van der Waals surface area (Å²) in [6.45, 7) is 3.20. The minimum absolute atomic E-state index is 0.0386. The number of carbonyl (C=O) groups is 1. The molecule has 0 saturated heterocycles. The van der Waals surface area contributed by atoms with Crippen molar-refractivity contribution in [2.75, 3.05) is 18.0 Å². The lowest BCUT2D eigenvalue weighted by Crippen LogP contribution is -2.26. The summed E-state index contributed by atoms with van der Waals surface area (Å²) in [6.07, 6.45) is 3.09. The minimum atomic E-state index is 0.0386. The highest BCUT2D eigenvalue weighted by molar-refractivity contribution is 5.73. The van der Waals surface area contributed by atoms with Gasteiger partial charge in [-0.2, -0.15) is 0 Å². The first-order valence-electron chi connectivity index (χ1n) is 7.93. The van der Waals surface area contributed by atoms with Crippen LogP contribution in [0, 0.1) is 0 Å². The van der Waals surface area contributed by atoms with Crippen LogP contribution in [-0.2, 0) is 17.6 Å². The normalized spacial score (nSPS) is 13.0. The van der Waals surface area contributed by atoms with Crippen molar-refractivity contribution >= 4 is 17.3 Å². The molecular formula is C19H22N2O. The van der Waals surface area contributed by atoms with Gasteiger partial charge in [0, 0.05) is 31.4 Å². The molecule has 0 saturated carbocycles. The second-order valence-electron chi connectivity index (χ2n) is 5.75. The van der Waals surface area contributed by atoms with E-state index < -0.39 is 0 Å². The highest BCUT2D eigenvalue weighted by Crippen LogP contribution is 2.35. The number of carbonyl (C=O) groups excluding carboxylic acids is 1. The lowest BCUT2D eigenvalue weighted by atomic mass is 10.0. The minimum Gasteiger partial charge on any atom is -0.356 e. The molecule has 22 heavy (non-hydrogen) atoms. The molecule has 0 bridgehead atoms. The molecule has 2 aromatic rings. The summed E-state index contributed by atoms with van der Waals surface area (Å²) in [6, 6.07) is 17.3. The molecule has 3 nitrogen and oxygen atoms in total. The predicted molar refractivity (Wildman–Crippen MR) is 90.6 cm³/mol. The van der Waals surface area contributed by atoms with Crippen molar-refractivity contribution in [3.8, 4) is 0 Å². The molecule has 1 aliphatic rings. The third kappa shape index (κ3) is 3.14. The monoisotopic (exact) mass is 294 g/mol. The Hall–Kier alpha value is -2.29. The van der Waals surface area contributed by atoms with Gasteiger partial charge in [-0.15, -0.1) is 0 Å². The maximum atomic E-state index is 11.0. The first-order chi connectivity index (χ1) is 10.8. The van der Waals surface area contributed by atoms with Gasteiger partial charge in [-0.25, -0.2) is 0 Å². The predicted octanol–water partition coefficient (Wildman–Crippen LogP) is 3.45. The van der Waals surface area contributed by atoms with Gasteiger partial charge in [-0.3, -0.25) is 4.79 Å². The molecule has 0 atom stereocenters. The van der Waals surface area contributed by atoms with Gasteiger partial charge in [-0.1, -0.05) is 36.4 Å². The molecule has 0 radical (unpaired) electrons. The Morgan fingerprint density at radius 1 is 1.00 bits per heavy atom. The van der Waals surface area contributed by atoms with Crippen LogP contribution < -0.4 is 10.2 Å². The van der Waals surface area contributed by atoms with Crippen molar-refractivity contribution in [2.45, 2.75) is 26.2 Å². The molecule has 114 valence electrons. The van der Waals surface area contributed by atoms with Gasteiger partial charge in [0.25, 0.3) is 0 Å². The maximum absolute atomic E-state index is 11.0. The van der Waals surface area contributed by atoms with Gasteiger partial charge in [-0.05, 0) is 42.5 Å². The number of aryl methyl sites for hydroxylation is 2. The average molecular weight is 294 g/mol. The number of fused-ring (bicyclic) bond motifs is 2. The molecule has 0 spiro atoms. The van der Waals surface area contributed by atoms with E-state index >= 15 is 0 Å². The van der Waals surface area contributed by atoms with Gasteiger partial charge < -0.3 is 10.2 Å². The summed E-state index contributed by atoms with van der Waals surface area (Å²) in [4.78, 5) is 13.4. The smallest absolute Gasteiger partial charge is 0.216 e. The molecule has 1 amide bonds. The number of amides is 1. The van der Waals surface area contributed by atoms with Crippen molar-refractivity contribution < 1.29 is 4.79 Å². The summed E-state index contributed by atoms with van der Waals surface area (Å²) < 4.78 is 0. The Labute approximate surface area is 132 Å². The largest absolute Gasteiger partial charge is 0.356 e. The lowest BCUT2D eigenvalue weighted by Gasteiger charge is -2.27. The van der Waals surface area contributed by atoms with E-state index in [9.17, 15) is 4.79 Å². The van der Waals surface area contributed by atoms with Crippen LogP contribution in [0.25, 0.3) is 0 Å². The molecule has 0 aromatic heterocycles. The van der Waals surface area contributed by atoms with Crippen LogP contribution in [0.5, 0.6) is 0 Å². The zero-order chi connectivity index (χ0) is 15.4. The van der Waals surface area contributed by atoms with Crippen LogP contribution in [0.1, 0.15) is 24.5 Å². The van der Waals surface area contributed by atoms with Crippen molar-refractivity contribution in [1.82, 2.24) is 5.32 Å². The maximum Gasteiger partial charge on any atom is 0.216 e. The van der Waals surface area contributed by atoms with E-state index in [2.05, 4.69) is 58.7 Å². The Bertz CT molecular complexity index is 618. The summed E-state index contributed by atoms with van der Waals surface area (Å²) >= 11 is 0. The van der Waals surface area contributed by atoms with Crippen molar-refractivity contribution in [3.05, 3.63) is 59.7 Å². The average Bonchev–Trinajstić information content (AvgIpc) is 2.69. The molecule has 2 aromatic carbocycles. The summed E-state index contributed by atoms with van der Waals surface area (Å²) in [7, 11) is 0. The Morgan fingerprint density at radius 2 is 1.55 bits per heavy atom. The van der Waals surface area contributed by atoms with Gasteiger partial charge in [0.1, 0.15) is 0 Å². The van der Waals surface area contributed by atoms with E-state index in [-0.39, 0.29) is 5.91 Å². The number of nitrogens with one attached hydrogen (secondary N) is 1. The van der Waals surface area contributed by atoms with Crippen LogP contribution in [0.15, 0.2) is 48.5 Å². The molecule has 0 aliphatic carbocycles. The Kier molecular flexibility index (Phi) is 4.42. The molecule has 1 N–H and O–H groups in total. The SMILES string of the molecule is CC(=O)NCCCN1c2ccccc2CCc2ccccc21. The molecule has 3 rings (SSSR count). The van der Waals surface area contributed by atoms with Crippen molar-refractivity contribution in [3.63, 3.8) is 0 Å². The number of benzene rings is 2. The molecule has 3 heteroatoms. The van der Waals surface area contributed by atoms with E-state index in [4.69, 9.17) is 0 Å². The van der Waals surface area contributed by atoms with Gasteiger partial charge in [0.2, 0.25) is 5.91 Å². The summed E-state index contributed by atoms with van der Waals surface area (Å²) in [5.74, 6) is 0.0386. The molecule has 0 fully saturated rings. The Morgan fingerprint density at radius 3 is 2.09 bits per heavy atom. The quantitative estimate of drug-likeness (QED) is 0.876. The fraction of sp³-hybridized carbons (Fsp3) is 0.316. The first kappa shape index (κ1) is 14.6. The van der Waals surface area contributed by atoms with Gasteiger partial charge in [0.05, 0.1) is 0 Å². The zero-order valence-corrected chi connectivity index (χ0v) is 13.0. The number of anilines is 2. The number of nitrogens with zero attached hydrogens (tertiary/aromatic N) is 1. The third-order valence-electron chi connectivity index (χ3n) is 4.16. The molecular weight excluding hydrogens is 272 g/mol. The third-order valence-corrected chi connectivity index (χ3v) is 4.16. The number of hydrogen-bond donors (Lipinski definition) is 1. The zero-order valence-electron chi connectivity index (χ0n) is 13.0. The fourth-order valence-electron chi connectivity index (χ4n) is 3.11. The van der Waals surface area contributed by atoms with E-state index in [0.717, 1.165) is 32.4 Å². The van der Waals surface area contributed by atoms with Crippen LogP contribution >= 0.6 is 0 Å². The van der Waals surface area contributed by atoms with Crippen molar-refractivity contribution in [1.29, 1.82) is 0 Å². The van der Waals surface area contributed by atoms with Gasteiger partial charge in [0.15, 0.2) is 0 Å². The topological polar surface area (TPSA) is 32.3 Å². The summed E-state index contributed by atoms with van der Waals surface area (Å²) in [5.41, 5.74) is 5.40. The van der Waals surface area contributed by atoms with E-state index in [1.807, 2.05) is 0 Å². The van der Waals surface area contributed by atoms with Crippen LogP contribution in [0.3, 0.4) is 0 Å². The van der Waals surface area contributed by atoms with E-state index in [1.165, 1.54) is 22.5 Å². The number of rotatable bonds is 4. The Balaban J connectivity index is 1.87. The molecule has 0 unspecified atom stereocenters. The standard InChI is InChI=1S/C19H22N2O/c1-15(22)20-13-6-14-21-18-9-4-2-7-16(18)11-12-17-8-3-5-10-19(17)21/h2-5,7-10H,6,11-14H2,1H3,(H,20,22). The molecule has 1 heterocycles. The van der Waals surface area contributed by atoms with E-state index in [1.54, 1.807) is 6.92 Å².